The molecule has 0 fully saturated rings. The summed E-state index contributed by atoms with van der Waals surface area (Å²) < 4.78 is 0. The van der Waals surface area contributed by atoms with Crippen LogP contribution in [-0.4, -0.2) is 28.5 Å². The lowest BCUT2D eigenvalue weighted by Gasteiger charge is -2.09. The van der Waals surface area contributed by atoms with E-state index in [0.717, 1.165) is 0 Å². The van der Waals surface area contributed by atoms with E-state index < -0.39 is 18.2 Å². The molecule has 2 atom stereocenters. The zero-order valence-corrected chi connectivity index (χ0v) is 6.23. The SMILES string of the molecule is NC(O)CC[C@H](N)CC(=O)O. The van der Waals surface area contributed by atoms with Crippen molar-refractivity contribution in [2.45, 2.75) is 31.5 Å². The number of hydrogen-bond acceptors (Lipinski definition) is 4. The van der Waals surface area contributed by atoms with Crippen LogP contribution < -0.4 is 11.5 Å². The first-order valence-electron chi connectivity index (χ1n) is 3.43. The predicted octanol–water partition coefficient (Wildman–Crippen LogP) is -1.15. The maximum atomic E-state index is 10.1. The molecule has 1 unspecified atom stereocenters. The second-order valence-electron chi connectivity index (χ2n) is 2.50. The molecule has 0 aromatic rings. The molecule has 0 aliphatic carbocycles. The molecule has 5 nitrogen and oxygen atoms in total. The highest BCUT2D eigenvalue weighted by molar-refractivity contribution is 5.67. The lowest BCUT2D eigenvalue weighted by atomic mass is 10.1. The van der Waals surface area contributed by atoms with Crippen molar-refractivity contribution in [3.63, 3.8) is 0 Å². The van der Waals surface area contributed by atoms with Crippen molar-refractivity contribution in [3.05, 3.63) is 0 Å². The number of carboxylic acids is 1. The summed E-state index contributed by atoms with van der Waals surface area (Å²) >= 11 is 0. The van der Waals surface area contributed by atoms with Crippen LogP contribution >= 0.6 is 0 Å². The molecule has 0 saturated carbocycles. The van der Waals surface area contributed by atoms with Crippen LogP contribution in [-0.2, 0) is 4.79 Å². The first kappa shape index (κ1) is 10.3. The van der Waals surface area contributed by atoms with Gasteiger partial charge >= 0.3 is 5.97 Å². The fraction of sp³-hybridized carbons (Fsp3) is 0.833. The summed E-state index contributed by atoms with van der Waals surface area (Å²) in [7, 11) is 0. The summed E-state index contributed by atoms with van der Waals surface area (Å²) in [6.45, 7) is 0. The summed E-state index contributed by atoms with van der Waals surface area (Å²) in [6.07, 6.45) is -0.194. The molecule has 11 heavy (non-hydrogen) atoms. The van der Waals surface area contributed by atoms with Gasteiger partial charge in [0.05, 0.1) is 6.42 Å². The van der Waals surface area contributed by atoms with E-state index in [-0.39, 0.29) is 6.42 Å². The van der Waals surface area contributed by atoms with Gasteiger partial charge in [0.1, 0.15) is 6.23 Å². The maximum Gasteiger partial charge on any atom is 0.304 e. The zero-order valence-electron chi connectivity index (χ0n) is 6.23. The van der Waals surface area contributed by atoms with Crippen LogP contribution in [0.25, 0.3) is 0 Å². The maximum absolute atomic E-state index is 10.1. The van der Waals surface area contributed by atoms with Crippen molar-refractivity contribution in [2.24, 2.45) is 11.5 Å². The van der Waals surface area contributed by atoms with E-state index >= 15 is 0 Å². The molecule has 0 saturated heterocycles. The Hall–Kier alpha value is -0.650. The molecule has 0 radical (unpaired) electrons. The Bertz CT molecular complexity index is 127. The van der Waals surface area contributed by atoms with E-state index in [1.165, 1.54) is 0 Å². The normalized spacial score (nSPS) is 15.9. The van der Waals surface area contributed by atoms with E-state index in [1.54, 1.807) is 0 Å². The van der Waals surface area contributed by atoms with Crippen molar-refractivity contribution >= 4 is 5.97 Å². The number of hydrogen-bond donors (Lipinski definition) is 4. The quantitative estimate of drug-likeness (QED) is 0.381. The average Bonchev–Trinajstić information content (AvgIpc) is 1.82. The van der Waals surface area contributed by atoms with Gasteiger partial charge in [-0.1, -0.05) is 0 Å². The highest BCUT2D eigenvalue weighted by Crippen LogP contribution is 1.99. The van der Waals surface area contributed by atoms with Gasteiger partial charge < -0.3 is 21.7 Å². The number of rotatable bonds is 5. The van der Waals surface area contributed by atoms with Gasteiger partial charge in [-0.25, -0.2) is 0 Å². The van der Waals surface area contributed by atoms with Gasteiger partial charge in [0.25, 0.3) is 0 Å². The van der Waals surface area contributed by atoms with Gasteiger partial charge in [-0.05, 0) is 12.8 Å². The van der Waals surface area contributed by atoms with Crippen molar-refractivity contribution in [1.82, 2.24) is 0 Å². The largest absolute Gasteiger partial charge is 0.481 e. The van der Waals surface area contributed by atoms with Gasteiger partial charge in [-0.3, -0.25) is 4.79 Å². The van der Waals surface area contributed by atoms with Gasteiger partial charge in [0.2, 0.25) is 0 Å². The molecule has 0 rings (SSSR count). The predicted molar refractivity (Wildman–Crippen MR) is 39.7 cm³/mol. The van der Waals surface area contributed by atoms with Crippen LogP contribution in [0.3, 0.4) is 0 Å². The molecule has 0 aliphatic heterocycles. The minimum atomic E-state index is -0.927. The molecule has 0 bridgehead atoms. The van der Waals surface area contributed by atoms with Crippen LogP contribution in [0.5, 0.6) is 0 Å². The molecule has 0 spiro atoms. The fourth-order valence-electron chi connectivity index (χ4n) is 0.711. The monoisotopic (exact) mass is 162 g/mol. The zero-order chi connectivity index (χ0) is 8.85. The summed E-state index contributed by atoms with van der Waals surface area (Å²) in [5.74, 6) is -0.927. The Balaban J connectivity index is 3.37. The van der Waals surface area contributed by atoms with Gasteiger partial charge in [0, 0.05) is 6.04 Å². The van der Waals surface area contributed by atoms with Crippen molar-refractivity contribution in [1.29, 1.82) is 0 Å². The Morgan fingerprint density at radius 3 is 2.27 bits per heavy atom. The molecular weight excluding hydrogens is 148 g/mol. The second kappa shape index (κ2) is 5.06. The minimum Gasteiger partial charge on any atom is -0.481 e. The lowest BCUT2D eigenvalue weighted by Crippen LogP contribution is -2.27. The van der Waals surface area contributed by atoms with Crippen LogP contribution in [0.2, 0.25) is 0 Å². The van der Waals surface area contributed by atoms with Gasteiger partial charge in [-0.2, -0.15) is 0 Å². The summed E-state index contributed by atoms with van der Waals surface area (Å²) in [5.41, 5.74) is 10.4. The van der Waals surface area contributed by atoms with Crippen LogP contribution in [0.4, 0.5) is 0 Å². The fourth-order valence-corrected chi connectivity index (χ4v) is 0.711. The van der Waals surface area contributed by atoms with E-state index in [9.17, 15) is 4.79 Å². The number of aliphatic carboxylic acids is 1. The van der Waals surface area contributed by atoms with Gasteiger partial charge in [0.15, 0.2) is 0 Å². The van der Waals surface area contributed by atoms with Crippen LogP contribution in [0.1, 0.15) is 19.3 Å². The summed E-state index contributed by atoms with van der Waals surface area (Å²) in [4.78, 5) is 10.1. The number of aliphatic hydroxyl groups excluding tert-OH is 1. The Morgan fingerprint density at radius 1 is 1.36 bits per heavy atom. The third-order valence-electron chi connectivity index (χ3n) is 1.27. The number of nitrogens with two attached hydrogens (primary N) is 2. The smallest absolute Gasteiger partial charge is 0.304 e. The van der Waals surface area contributed by atoms with Crippen molar-refractivity contribution in [3.8, 4) is 0 Å². The number of carbonyl (C=O) groups is 1. The van der Waals surface area contributed by atoms with Gasteiger partial charge in [-0.15, -0.1) is 0 Å². The molecule has 0 aromatic carbocycles. The first-order valence-corrected chi connectivity index (χ1v) is 3.43. The molecule has 0 aliphatic rings. The molecule has 0 amide bonds. The molecule has 66 valence electrons. The summed E-state index contributed by atoms with van der Waals surface area (Å²) in [6, 6.07) is -0.411. The minimum absolute atomic E-state index is 0.0767. The van der Waals surface area contributed by atoms with Crippen LogP contribution in [0, 0.1) is 0 Å². The number of carboxylic acid groups (broad SMARTS) is 1. The molecule has 0 aromatic heterocycles. The standard InChI is InChI=1S/C6H14N2O3/c7-4(3-6(10)11)1-2-5(8)9/h4-5,9H,1-3,7-8H2,(H,10,11)/t4-,5?/m0/s1. The van der Waals surface area contributed by atoms with E-state index in [2.05, 4.69) is 0 Å². The third-order valence-corrected chi connectivity index (χ3v) is 1.27. The van der Waals surface area contributed by atoms with Crippen LogP contribution in [0.15, 0.2) is 0 Å². The molecular formula is C6H14N2O3. The highest BCUT2D eigenvalue weighted by atomic mass is 16.4. The van der Waals surface area contributed by atoms with E-state index in [0.29, 0.717) is 12.8 Å². The topological polar surface area (TPSA) is 110 Å². The molecule has 0 heterocycles. The van der Waals surface area contributed by atoms with Crippen molar-refractivity contribution in [2.75, 3.05) is 0 Å². The molecule has 6 N–H and O–H groups in total. The first-order chi connectivity index (χ1) is 5.02. The second-order valence-corrected chi connectivity index (χ2v) is 2.50. The summed E-state index contributed by atoms with van der Waals surface area (Å²) in [5, 5.41) is 16.9. The Morgan fingerprint density at radius 2 is 1.91 bits per heavy atom. The lowest BCUT2D eigenvalue weighted by molar-refractivity contribution is -0.137. The van der Waals surface area contributed by atoms with E-state index in [4.69, 9.17) is 21.7 Å². The average molecular weight is 162 g/mol. The molecule has 5 heteroatoms. The van der Waals surface area contributed by atoms with E-state index in [1.807, 2.05) is 0 Å². The Kier molecular flexibility index (Phi) is 4.76. The highest BCUT2D eigenvalue weighted by Gasteiger charge is 2.08. The number of aliphatic hydroxyl groups is 1. The van der Waals surface area contributed by atoms with Crippen molar-refractivity contribution < 1.29 is 15.0 Å². The third kappa shape index (κ3) is 7.24. The Labute approximate surface area is 65.0 Å².